The number of esters is 1. The molecule has 1 unspecified atom stereocenters. The molecular formula is C13H19N3O3. The summed E-state index contributed by atoms with van der Waals surface area (Å²) >= 11 is 0. The van der Waals surface area contributed by atoms with E-state index < -0.39 is 5.97 Å². The minimum absolute atomic E-state index is 0.158. The zero-order valence-electron chi connectivity index (χ0n) is 11.3. The Morgan fingerprint density at radius 1 is 1.53 bits per heavy atom. The van der Waals surface area contributed by atoms with E-state index in [2.05, 4.69) is 9.97 Å². The number of anilines is 1. The van der Waals surface area contributed by atoms with E-state index in [1.807, 2.05) is 0 Å². The van der Waals surface area contributed by atoms with Gasteiger partial charge >= 0.3 is 5.97 Å². The van der Waals surface area contributed by atoms with E-state index in [0.717, 1.165) is 19.4 Å². The molecule has 2 rings (SSSR count). The number of aromatic nitrogens is 2. The number of carbonyl (C=O) groups excluding carboxylic acids is 1. The maximum absolute atomic E-state index is 11.8. The summed E-state index contributed by atoms with van der Waals surface area (Å²) < 4.78 is 10.4. The number of ether oxygens (including phenoxy) is 2. The highest BCUT2D eigenvalue weighted by molar-refractivity contribution is 5.95. The molecule has 104 valence electrons. The fraction of sp³-hybridized carbons (Fsp3) is 0.615. The molecule has 1 aliphatic heterocycles. The van der Waals surface area contributed by atoms with Gasteiger partial charge in [-0.2, -0.15) is 0 Å². The molecule has 0 aliphatic carbocycles. The summed E-state index contributed by atoms with van der Waals surface area (Å²) in [5.74, 6) is 0.532. The molecule has 6 heteroatoms. The summed E-state index contributed by atoms with van der Waals surface area (Å²) in [4.78, 5) is 20.4. The quantitative estimate of drug-likeness (QED) is 0.832. The van der Waals surface area contributed by atoms with Crippen LogP contribution in [0.25, 0.3) is 0 Å². The molecule has 0 amide bonds. The minimum atomic E-state index is -0.469. The van der Waals surface area contributed by atoms with Crippen LogP contribution in [0.15, 0.2) is 0 Å². The Morgan fingerprint density at radius 3 is 2.89 bits per heavy atom. The Bertz CT molecular complexity index is 447. The number of nitrogens with two attached hydrogens (primary N) is 1. The van der Waals surface area contributed by atoms with Gasteiger partial charge in [-0.25, -0.2) is 14.8 Å². The van der Waals surface area contributed by atoms with Crippen molar-refractivity contribution < 1.29 is 14.3 Å². The Labute approximate surface area is 112 Å². The van der Waals surface area contributed by atoms with Gasteiger partial charge in [0.15, 0.2) is 0 Å². The van der Waals surface area contributed by atoms with Crippen LogP contribution in [-0.2, 0) is 9.47 Å². The topological polar surface area (TPSA) is 87.3 Å². The largest absolute Gasteiger partial charge is 0.462 e. The van der Waals surface area contributed by atoms with Crippen molar-refractivity contribution in [1.82, 2.24) is 9.97 Å². The van der Waals surface area contributed by atoms with Gasteiger partial charge in [-0.3, -0.25) is 0 Å². The molecule has 1 atom stereocenters. The lowest BCUT2D eigenvalue weighted by Crippen LogP contribution is -2.21. The Balaban J connectivity index is 2.27. The first kappa shape index (κ1) is 13.7. The van der Waals surface area contributed by atoms with Crippen molar-refractivity contribution in [3.05, 3.63) is 17.1 Å². The first-order chi connectivity index (χ1) is 9.13. The van der Waals surface area contributed by atoms with Crippen LogP contribution in [-0.4, -0.2) is 35.8 Å². The molecular weight excluding hydrogens is 246 g/mol. The summed E-state index contributed by atoms with van der Waals surface area (Å²) in [5.41, 5.74) is 6.69. The summed E-state index contributed by atoms with van der Waals surface area (Å²) in [6, 6.07) is 0. The molecule has 2 heterocycles. The molecule has 2 N–H and O–H groups in total. The summed E-state index contributed by atoms with van der Waals surface area (Å²) in [6.07, 6.45) is 1.98. The molecule has 1 saturated heterocycles. The fourth-order valence-corrected chi connectivity index (χ4v) is 2.20. The molecule has 1 aromatic heterocycles. The summed E-state index contributed by atoms with van der Waals surface area (Å²) in [7, 11) is 0. The standard InChI is InChI=1S/C13H19N3O3/c1-3-19-13(17)10-8(2)15-12(16-11(10)14)9-5-4-6-18-7-9/h9H,3-7H2,1-2H3,(H2,14,15,16). The maximum atomic E-state index is 11.8. The van der Waals surface area contributed by atoms with Crippen molar-refractivity contribution in [3.8, 4) is 0 Å². The van der Waals surface area contributed by atoms with E-state index in [1.165, 1.54) is 0 Å². The summed E-state index contributed by atoms with van der Waals surface area (Å²) in [5, 5.41) is 0. The van der Waals surface area contributed by atoms with E-state index in [0.29, 0.717) is 24.7 Å². The third-order valence-corrected chi connectivity index (χ3v) is 3.14. The Morgan fingerprint density at radius 2 is 2.32 bits per heavy atom. The first-order valence-electron chi connectivity index (χ1n) is 6.52. The smallest absolute Gasteiger partial charge is 0.343 e. The second-order valence-corrected chi connectivity index (χ2v) is 4.56. The van der Waals surface area contributed by atoms with Gasteiger partial charge in [-0.15, -0.1) is 0 Å². The van der Waals surface area contributed by atoms with Crippen molar-refractivity contribution in [2.75, 3.05) is 25.6 Å². The average Bonchev–Trinajstić information content (AvgIpc) is 2.39. The third kappa shape index (κ3) is 3.01. The van der Waals surface area contributed by atoms with Crippen molar-refractivity contribution >= 4 is 11.8 Å². The SMILES string of the molecule is CCOC(=O)c1c(C)nc(C2CCCOC2)nc1N. The molecule has 0 aromatic carbocycles. The first-order valence-corrected chi connectivity index (χ1v) is 6.52. The van der Waals surface area contributed by atoms with Gasteiger partial charge in [0.05, 0.1) is 18.9 Å². The van der Waals surface area contributed by atoms with Crippen LogP contribution in [0.5, 0.6) is 0 Å². The van der Waals surface area contributed by atoms with Gasteiger partial charge in [0.2, 0.25) is 0 Å². The van der Waals surface area contributed by atoms with Gasteiger partial charge < -0.3 is 15.2 Å². The van der Waals surface area contributed by atoms with Crippen LogP contribution in [0.3, 0.4) is 0 Å². The zero-order valence-corrected chi connectivity index (χ0v) is 11.3. The van der Waals surface area contributed by atoms with Gasteiger partial charge in [-0.05, 0) is 26.7 Å². The normalized spacial score (nSPS) is 19.2. The van der Waals surface area contributed by atoms with Crippen LogP contribution in [0.1, 0.15) is 47.6 Å². The van der Waals surface area contributed by atoms with Gasteiger partial charge in [-0.1, -0.05) is 0 Å². The van der Waals surface area contributed by atoms with Crippen LogP contribution in [0.4, 0.5) is 5.82 Å². The summed E-state index contributed by atoms with van der Waals surface area (Å²) in [6.45, 7) is 5.19. The average molecular weight is 265 g/mol. The highest BCUT2D eigenvalue weighted by Gasteiger charge is 2.23. The van der Waals surface area contributed by atoms with Gasteiger partial charge in [0.25, 0.3) is 0 Å². The van der Waals surface area contributed by atoms with Crippen molar-refractivity contribution in [2.24, 2.45) is 0 Å². The molecule has 0 bridgehead atoms. The second-order valence-electron chi connectivity index (χ2n) is 4.56. The zero-order chi connectivity index (χ0) is 13.8. The van der Waals surface area contributed by atoms with E-state index >= 15 is 0 Å². The Hall–Kier alpha value is -1.69. The third-order valence-electron chi connectivity index (χ3n) is 3.14. The van der Waals surface area contributed by atoms with Gasteiger partial charge in [0, 0.05) is 12.5 Å². The molecule has 0 radical (unpaired) electrons. The van der Waals surface area contributed by atoms with E-state index in [-0.39, 0.29) is 17.3 Å². The number of aryl methyl sites for hydroxylation is 1. The number of carbonyl (C=O) groups is 1. The van der Waals surface area contributed by atoms with Crippen molar-refractivity contribution in [3.63, 3.8) is 0 Å². The Kier molecular flexibility index (Phi) is 4.31. The number of nitrogen functional groups attached to an aromatic ring is 1. The molecule has 6 nitrogen and oxygen atoms in total. The molecule has 19 heavy (non-hydrogen) atoms. The lowest BCUT2D eigenvalue weighted by Gasteiger charge is -2.21. The molecule has 0 spiro atoms. The van der Waals surface area contributed by atoms with Crippen LogP contribution >= 0.6 is 0 Å². The van der Waals surface area contributed by atoms with Gasteiger partial charge in [0.1, 0.15) is 17.2 Å². The lowest BCUT2D eigenvalue weighted by atomic mass is 10.0. The number of hydrogen-bond donors (Lipinski definition) is 1. The van der Waals surface area contributed by atoms with Crippen LogP contribution in [0.2, 0.25) is 0 Å². The van der Waals surface area contributed by atoms with E-state index in [9.17, 15) is 4.79 Å². The highest BCUT2D eigenvalue weighted by Crippen LogP contribution is 2.25. The molecule has 0 saturated carbocycles. The monoisotopic (exact) mass is 265 g/mol. The van der Waals surface area contributed by atoms with E-state index in [4.69, 9.17) is 15.2 Å². The maximum Gasteiger partial charge on any atom is 0.343 e. The number of rotatable bonds is 3. The molecule has 1 fully saturated rings. The fourth-order valence-electron chi connectivity index (χ4n) is 2.20. The second kappa shape index (κ2) is 5.97. The predicted octanol–water partition coefficient (Wildman–Crippen LogP) is 1.44. The van der Waals surface area contributed by atoms with Crippen LogP contribution < -0.4 is 5.73 Å². The van der Waals surface area contributed by atoms with Crippen LogP contribution in [0, 0.1) is 6.92 Å². The number of hydrogen-bond acceptors (Lipinski definition) is 6. The number of nitrogens with zero attached hydrogens (tertiary/aromatic N) is 2. The lowest BCUT2D eigenvalue weighted by molar-refractivity contribution is 0.0525. The predicted molar refractivity (Wildman–Crippen MR) is 69.9 cm³/mol. The molecule has 1 aliphatic rings. The minimum Gasteiger partial charge on any atom is -0.462 e. The highest BCUT2D eigenvalue weighted by atomic mass is 16.5. The van der Waals surface area contributed by atoms with Crippen molar-refractivity contribution in [1.29, 1.82) is 0 Å². The molecule has 1 aromatic rings. The van der Waals surface area contributed by atoms with E-state index in [1.54, 1.807) is 13.8 Å². The van der Waals surface area contributed by atoms with Crippen molar-refractivity contribution in [2.45, 2.75) is 32.6 Å².